The van der Waals surface area contributed by atoms with Crippen LogP contribution >= 0.6 is 23.4 Å². The number of ether oxygens (including phenoxy) is 3. The number of thioether (sulfide) groups is 1. The van der Waals surface area contributed by atoms with Gasteiger partial charge in [0.1, 0.15) is 5.03 Å². The fourth-order valence-electron chi connectivity index (χ4n) is 2.89. The van der Waals surface area contributed by atoms with E-state index in [-0.39, 0.29) is 29.8 Å². The zero-order chi connectivity index (χ0) is 23.2. The molecule has 0 radical (unpaired) electrons. The van der Waals surface area contributed by atoms with Gasteiger partial charge in [-0.2, -0.15) is 0 Å². The van der Waals surface area contributed by atoms with Crippen molar-refractivity contribution in [3.8, 4) is 11.5 Å². The molecule has 1 aliphatic heterocycles. The lowest BCUT2D eigenvalue weighted by molar-refractivity contribution is -0.113. The van der Waals surface area contributed by atoms with Crippen molar-refractivity contribution in [3.63, 3.8) is 0 Å². The first kappa shape index (κ1) is 22.6. The van der Waals surface area contributed by atoms with E-state index >= 15 is 0 Å². The van der Waals surface area contributed by atoms with Gasteiger partial charge in [0.25, 0.3) is 0 Å². The lowest BCUT2D eigenvalue weighted by atomic mass is 10.1. The van der Waals surface area contributed by atoms with E-state index < -0.39 is 12.6 Å². The van der Waals surface area contributed by atoms with Crippen molar-refractivity contribution in [1.82, 2.24) is 4.98 Å². The highest BCUT2D eigenvalue weighted by molar-refractivity contribution is 8.00. The standard InChI is InChI=1S/C23H17ClN2O6S/c24-15-5-3-14(4-6-15)18(27)11-30-23(29)17-2-1-9-25-22(17)33-12-21(28)26-16-7-8-19-20(10-16)32-13-31-19/h1-10H,11-13H2,(H,26,28). The molecule has 1 aliphatic rings. The molecule has 0 aliphatic carbocycles. The van der Waals surface area contributed by atoms with Gasteiger partial charge in [0.2, 0.25) is 12.7 Å². The number of fused-ring (bicyclic) bond motifs is 1. The fourth-order valence-corrected chi connectivity index (χ4v) is 3.80. The minimum Gasteiger partial charge on any atom is -0.454 e. The average Bonchev–Trinajstić information content (AvgIpc) is 3.29. The van der Waals surface area contributed by atoms with Crippen molar-refractivity contribution in [1.29, 1.82) is 0 Å². The van der Waals surface area contributed by atoms with Gasteiger partial charge in [-0.1, -0.05) is 23.4 Å². The van der Waals surface area contributed by atoms with Gasteiger partial charge in [0.15, 0.2) is 23.9 Å². The Morgan fingerprint density at radius 1 is 1.06 bits per heavy atom. The SMILES string of the molecule is O=C(CSc1ncccc1C(=O)OCC(=O)c1ccc(Cl)cc1)Nc1ccc2c(c1)OCO2. The van der Waals surface area contributed by atoms with E-state index in [0.717, 1.165) is 11.8 Å². The molecular weight excluding hydrogens is 468 g/mol. The number of hydrogen-bond acceptors (Lipinski definition) is 8. The highest BCUT2D eigenvalue weighted by Gasteiger charge is 2.18. The minimum absolute atomic E-state index is 0.00937. The third kappa shape index (κ3) is 5.82. The maximum absolute atomic E-state index is 12.5. The quantitative estimate of drug-likeness (QED) is 0.288. The molecule has 168 valence electrons. The number of hydrogen-bond donors (Lipinski definition) is 1. The lowest BCUT2D eigenvalue weighted by Gasteiger charge is -2.09. The molecule has 2 aromatic carbocycles. The van der Waals surface area contributed by atoms with E-state index in [2.05, 4.69) is 10.3 Å². The van der Waals surface area contributed by atoms with Crippen LogP contribution in [0.2, 0.25) is 5.02 Å². The molecule has 1 aromatic heterocycles. The number of amides is 1. The van der Waals surface area contributed by atoms with Crippen molar-refractivity contribution < 1.29 is 28.6 Å². The number of ketones is 1. The number of halogens is 1. The summed E-state index contributed by atoms with van der Waals surface area (Å²) >= 11 is 6.90. The number of carbonyl (C=O) groups is 3. The molecule has 0 unspecified atom stereocenters. The van der Waals surface area contributed by atoms with E-state index in [4.69, 9.17) is 25.8 Å². The van der Waals surface area contributed by atoms with E-state index in [1.807, 2.05) is 0 Å². The number of carbonyl (C=O) groups excluding carboxylic acids is 3. The number of anilines is 1. The van der Waals surface area contributed by atoms with E-state index in [1.54, 1.807) is 48.5 Å². The lowest BCUT2D eigenvalue weighted by Crippen LogP contribution is -2.16. The number of aromatic nitrogens is 1. The van der Waals surface area contributed by atoms with Gasteiger partial charge < -0.3 is 19.5 Å². The first-order valence-electron chi connectivity index (χ1n) is 9.73. The van der Waals surface area contributed by atoms with Gasteiger partial charge in [-0.25, -0.2) is 9.78 Å². The van der Waals surface area contributed by atoms with Gasteiger partial charge in [-0.3, -0.25) is 9.59 Å². The molecule has 3 aromatic rings. The average molecular weight is 485 g/mol. The number of benzene rings is 2. The van der Waals surface area contributed by atoms with Gasteiger partial charge in [0.05, 0.1) is 11.3 Å². The summed E-state index contributed by atoms with van der Waals surface area (Å²) in [6, 6.07) is 14.5. The Kier molecular flexibility index (Phi) is 7.11. The molecule has 1 amide bonds. The predicted molar refractivity (Wildman–Crippen MR) is 122 cm³/mol. The monoisotopic (exact) mass is 484 g/mol. The number of esters is 1. The van der Waals surface area contributed by atoms with E-state index in [0.29, 0.717) is 32.8 Å². The summed E-state index contributed by atoms with van der Waals surface area (Å²) in [5.74, 6) is -0.168. The summed E-state index contributed by atoms with van der Waals surface area (Å²) in [6.45, 7) is -0.281. The number of nitrogens with one attached hydrogen (secondary N) is 1. The Morgan fingerprint density at radius 3 is 2.67 bits per heavy atom. The molecule has 4 rings (SSSR count). The molecule has 10 heteroatoms. The van der Waals surface area contributed by atoms with Crippen LogP contribution in [-0.4, -0.2) is 41.8 Å². The van der Waals surface area contributed by atoms with Crippen LogP contribution in [0.4, 0.5) is 5.69 Å². The van der Waals surface area contributed by atoms with E-state index in [9.17, 15) is 14.4 Å². The zero-order valence-corrected chi connectivity index (χ0v) is 18.7. The summed E-state index contributed by atoms with van der Waals surface area (Å²) in [6.07, 6.45) is 1.51. The topological polar surface area (TPSA) is 104 Å². The molecule has 8 nitrogen and oxygen atoms in total. The Hall–Kier alpha value is -3.56. The normalized spacial score (nSPS) is 11.7. The molecule has 33 heavy (non-hydrogen) atoms. The zero-order valence-electron chi connectivity index (χ0n) is 17.1. The molecule has 1 N–H and O–H groups in total. The van der Waals surface area contributed by atoms with Crippen LogP contribution in [-0.2, 0) is 9.53 Å². The molecule has 0 fully saturated rings. The largest absolute Gasteiger partial charge is 0.454 e. The van der Waals surface area contributed by atoms with Crippen LogP contribution in [0.25, 0.3) is 0 Å². The fraction of sp³-hybridized carbons (Fsp3) is 0.130. The van der Waals surface area contributed by atoms with Crippen LogP contribution in [0.1, 0.15) is 20.7 Å². The Morgan fingerprint density at radius 2 is 1.85 bits per heavy atom. The minimum atomic E-state index is -0.705. The third-order valence-electron chi connectivity index (χ3n) is 4.49. The maximum Gasteiger partial charge on any atom is 0.341 e. The summed E-state index contributed by atoms with van der Waals surface area (Å²) < 4.78 is 15.7. The Balaban J connectivity index is 1.32. The first-order valence-corrected chi connectivity index (χ1v) is 11.1. The van der Waals surface area contributed by atoms with Crippen molar-refractivity contribution in [2.45, 2.75) is 5.03 Å². The van der Waals surface area contributed by atoms with Gasteiger partial charge in [-0.05, 0) is 48.5 Å². The molecule has 0 saturated heterocycles. The van der Waals surface area contributed by atoms with Crippen LogP contribution in [0.3, 0.4) is 0 Å². The molecule has 0 bridgehead atoms. The van der Waals surface area contributed by atoms with Gasteiger partial charge in [0, 0.05) is 28.5 Å². The second kappa shape index (κ2) is 10.4. The highest BCUT2D eigenvalue weighted by atomic mass is 35.5. The molecule has 2 heterocycles. The number of pyridine rings is 1. The number of Topliss-reactive ketones (excluding diaryl/α,β-unsaturated/α-hetero) is 1. The molecule has 0 saturated carbocycles. The summed E-state index contributed by atoms with van der Waals surface area (Å²) in [4.78, 5) is 41.3. The summed E-state index contributed by atoms with van der Waals surface area (Å²) in [7, 11) is 0. The van der Waals surface area contributed by atoms with Crippen LogP contribution in [0.5, 0.6) is 11.5 Å². The maximum atomic E-state index is 12.5. The second-order valence-electron chi connectivity index (χ2n) is 6.77. The highest BCUT2D eigenvalue weighted by Crippen LogP contribution is 2.34. The van der Waals surface area contributed by atoms with E-state index in [1.165, 1.54) is 12.3 Å². The summed E-state index contributed by atoms with van der Waals surface area (Å²) in [5.41, 5.74) is 1.11. The third-order valence-corrected chi connectivity index (χ3v) is 5.75. The molecule has 0 atom stereocenters. The van der Waals surface area contributed by atoms with Crippen molar-refractivity contribution in [2.75, 3.05) is 24.5 Å². The Bertz CT molecular complexity index is 1200. The molecular formula is C23H17ClN2O6S. The first-order chi connectivity index (χ1) is 16.0. The van der Waals surface area contributed by atoms with Gasteiger partial charge >= 0.3 is 5.97 Å². The number of rotatable bonds is 8. The Labute approximate surface area is 198 Å². The van der Waals surface area contributed by atoms with Crippen molar-refractivity contribution in [3.05, 3.63) is 76.9 Å². The second-order valence-corrected chi connectivity index (χ2v) is 8.17. The van der Waals surface area contributed by atoms with Crippen molar-refractivity contribution >= 4 is 46.7 Å². The molecule has 0 spiro atoms. The van der Waals surface area contributed by atoms with Crippen molar-refractivity contribution in [2.24, 2.45) is 0 Å². The van der Waals surface area contributed by atoms with Crippen LogP contribution in [0, 0.1) is 0 Å². The van der Waals surface area contributed by atoms with Gasteiger partial charge in [-0.15, -0.1) is 0 Å². The summed E-state index contributed by atoms with van der Waals surface area (Å²) in [5, 5.41) is 3.58. The predicted octanol–water partition coefficient (Wildman–Crippen LogP) is 4.23. The smallest absolute Gasteiger partial charge is 0.341 e. The van der Waals surface area contributed by atoms with Crippen LogP contribution < -0.4 is 14.8 Å². The number of nitrogens with zero attached hydrogens (tertiary/aromatic N) is 1. The van der Waals surface area contributed by atoms with Crippen LogP contribution in [0.15, 0.2) is 65.8 Å².